The van der Waals surface area contributed by atoms with E-state index in [1.165, 1.54) is 7.11 Å². The molecule has 3 heterocycles. The van der Waals surface area contributed by atoms with Gasteiger partial charge in [0.1, 0.15) is 11.5 Å². The third-order valence-corrected chi connectivity index (χ3v) is 5.60. The van der Waals surface area contributed by atoms with E-state index in [1.807, 2.05) is 0 Å². The zero-order valence-corrected chi connectivity index (χ0v) is 14.0. The highest BCUT2D eigenvalue weighted by Gasteiger charge is 2.64. The van der Waals surface area contributed by atoms with Crippen LogP contribution in [-0.4, -0.2) is 37.4 Å². The van der Waals surface area contributed by atoms with Crippen molar-refractivity contribution >= 4 is 23.3 Å². The Labute approximate surface area is 148 Å². The van der Waals surface area contributed by atoms with Crippen LogP contribution in [0.25, 0.3) is 10.4 Å². The molecular weight excluding hydrogens is 340 g/mol. The third-order valence-electron chi connectivity index (χ3n) is 5.60. The fourth-order valence-electron chi connectivity index (χ4n) is 4.51. The summed E-state index contributed by atoms with van der Waals surface area (Å²) in [6.45, 7) is 0.165. The minimum atomic E-state index is -1.36. The van der Waals surface area contributed by atoms with Crippen molar-refractivity contribution in [3.05, 3.63) is 40.3 Å². The Morgan fingerprint density at radius 2 is 2.19 bits per heavy atom. The predicted molar refractivity (Wildman–Crippen MR) is 87.7 cm³/mol. The van der Waals surface area contributed by atoms with Crippen LogP contribution in [0.4, 0.5) is 5.69 Å². The molecule has 9 nitrogen and oxygen atoms in total. The first-order chi connectivity index (χ1) is 12.5. The molecule has 1 aliphatic carbocycles. The van der Waals surface area contributed by atoms with E-state index in [4.69, 9.17) is 15.1 Å². The van der Waals surface area contributed by atoms with Crippen molar-refractivity contribution in [2.75, 3.05) is 18.8 Å². The number of hydrogen-bond acceptors (Lipinski definition) is 5. The highest BCUT2D eigenvalue weighted by molar-refractivity contribution is 6.11. The molecule has 26 heavy (non-hydrogen) atoms. The molecule has 1 saturated carbocycles. The number of carbonyl (C=O) groups is 3. The lowest BCUT2D eigenvalue weighted by Gasteiger charge is -2.34. The number of hydrogen-bond donors (Lipinski definition) is 0. The van der Waals surface area contributed by atoms with Gasteiger partial charge < -0.3 is 4.74 Å². The number of hydroxylamine groups is 1. The zero-order chi connectivity index (χ0) is 18.5. The SMILES string of the molecule is CON1C(=O)[C@@]2(C[C@H](C(=O)N=[N+]=[N-])[C@H]3CO[C@@H]2C(=O)C3)c2ccccc21. The van der Waals surface area contributed by atoms with E-state index < -0.39 is 35.2 Å². The fraction of sp³-hybridized carbons (Fsp3) is 0.471. The van der Waals surface area contributed by atoms with E-state index in [2.05, 4.69) is 10.0 Å². The maximum Gasteiger partial charge on any atom is 0.264 e. The van der Waals surface area contributed by atoms with Crippen LogP contribution in [0.3, 0.4) is 0 Å². The molecular formula is C17H16N4O5. The summed E-state index contributed by atoms with van der Waals surface area (Å²) in [6.07, 6.45) is -0.829. The van der Waals surface area contributed by atoms with Crippen molar-refractivity contribution in [2.45, 2.75) is 24.4 Å². The average Bonchev–Trinajstić information content (AvgIpc) is 2.75. The molecule has 9 heteroatoms. The molecule has 0 radical (unpaired) electrons. The molecule has 1 aromatic rings. The highest BCUT2D eigenvalue weighted by Crippen LogP contribution is 2.53. The number of nitrogens with zero attached hydrogens (tertiary/aromatic N) is 4. The number of ketones is 1. The molecule has 3 aliphatic heterocycles. The number of rotatable bonds is 2. The van der Waals surface area contributed by atoms with E-state index in [0.717, 1.165) is 5.06 Å². The normalized spacial score (nSPS) is 32.3. The second-order valence-corrected chi connectivity index (χ2v) is 6.75. The minimum Gasteiger partial charge on any atom is -0.369 e. The largest absolute Gasteiger partial charge is 0.369 e. The van der Waals surface area contributed by atoms with E-state index in [1.54, 1.807) is 24.3 Å². The van der Waals surface area contributed by atoms with Crippen molar-refractivity contribution in [3.8, 4) is 0 Å². The number of anilines is 1. The van der Waals surface area contributed by atoms with Crippen LogP contribution >= 0.6 is 0 Å². The summed E-state index contributed by atoms with van der Waals surface area (Å²) in [5.74, 6) is -2.51. The van der Waals surface area contributed by atoms with E-state index in [9.17, 15) is 14.4 Å². The van der Waals surface area contributed by atoms with Gasteiger partial charge in [0.15, 0.2) is 5.78 Å². The molecule has 1 aromatic carbocycles. The molecule has 0 unspecified atom stereocenters. The Kier molecular flexibility index (Phi) is 3.80. The average molecular weight is 356 g/mol. The monoisotopic (exact) mass is 356 g/mol. The van der Waals surface area contributed by atoms with Gasteiger partial charge in [-0.1, -0.05) is 18.2 Å². The van der Waals surface area contributed by atoms with Crippen molar-refractivity contribution in [1.82, 2.24) is 0 Å². The minimum absolute atomic E-state index is 0.0433. The number of para-hydroxylation sites is 1. The van der Waals surface area contributed by atoms with Crippen molar-refractivity contribution in [2.24, 2.45) is 17.0 Å². The van der Waals surface area contributed by atoms with Gasteiger partial charge in [0.2, 0.25) is 5.91 Å². The lowest BCUT2D eigenvalue weighted by molar-refractivity contribution is -0.150. The molecule has 2 bridgehead atoms. The molecule has 2 saturated heterocycles. The van der Waals surface area contributed by atoms with Crippen LogP contribution < -0.4 is 5.06 Å². The fourth-order valence-corrected chi connectivity index (χ4v) is 4.51. The van der Waals surface area contributed by atoms with Crippen molar-refractivity contribution < 1.29 is 24.0 Å². The smallest absolute Gasteiger partial charge is 0.264 e. The lowest BCUT2D eigenvalue weighted by atomic mass is 9.70. The number of amides is 2. The van der Waals surface area contributed by atoms with Gasteiger partial charge >= 0.3 is 0 Å². The molecule has 0 aromatic heterocycles. The van der Waals surface area contributed by atoms with Gasteiger partial charge in [-0.15, -0.1) is 0 Å². The van der Waals surface area contributed by atoms with Crippen molar-refractivity contribution in [3.63, 3.8) is 0 Å². The number of benzene rings is 1. The van der Waals surface area contributed by atoms with Gasteiger partial charge in [0.25, 0.3) is 5.91 Å². The van der Waals surface area contributed by atoms with Crippen molar-refractivity contribution in [1.29, 1.82) is 0 Å². The van der Waals surface area contributed by atoms with Gasteiger partial charge in [-0.2, -0.15) is 5.06 Å². The molecule has 3 fully saturated rings. The molecule has 4 aliphatic rings. The van der Waals surface area contributed by atoms with Crippen LogP contribution in [-0.2, 0) is 29.4 Å². The van der Waals surface area contributed by atoms with Gasteiger partial charge in [-0.25, -0.2) is 0 Å². The van der Waals surface area contributed by atoms with Crippen LogP contribution in [0.2, 0.25) is 0 Å². The van der Waals surface area contributed by atoms with Gasteiger partial charge in [-0.05, 0) is 34.6 Å². The summed E-state index contributed by atoms with van der Waals surface area (Å²) in [5, 5.41) is 4.36. The summed E-state index contributed by atoms with van der Waals surface area (Å²) in [4.78, 5) is 46.3. The highest BCUT2D eigenvalue weighted by atomic mass is 16.7. The second kappa shape index (κ2) is 5.91. The zero-order valence-electron chi connectivity index (χ0n) is 14.0. The number of fused-ring (bicyclic) bond motifs is 4. The van der Waals surface area contributed by atoms with E-state index >= 15 is 0 Å². The number of ether oxygens (including phenoxy) is 1. The quantitative estimate of drug-likeness (QED) is 0.453. The predicted octanol–water partition coefficient (Wildman–Crippen LogP) is 1.66. The van der Waals surface area contributed by atoms with Crippen LogP contribution in [0.1, 0.15) is 18.4 Å². The summed E-state index contributed by atoms with van der Waals surface area (Å²) in [5.41, 5.74) is 8.40. The van der Waals surface area contributed by atoms with E-state index in [0.29, 0.717) is 11.3 Å². The maximum absolute atomic E-state index is 13.3. The first-order valence-corrected chi connectivity index (χ1v) is 8.26. The molecule has 5 rings (SSSR count). The summed E-state index contributed by atoms with van der Waals surface area (Å²) in [7, 11) is 1.37. The molecule has 2 amide bonds. The number of carbonyl (C=O) groups excluding carboxylic acids is 3. The van der Waals surface area contributed by atoms with Crippen LogP contribution in [0.5, 0.6) is 0 Å². The molecule has 134 valence electrons. The van der Waals surface area contributed by atoms with Gasteiger partial charge in [0, 0.05) is 17.3 Å². The lowest BCUT2D eigenvalue weighted by Crippen LogP contribution is -2.53. The summed E-state index contributed by atoms with van der Waals surface area (Å²) < 4.78 is 5.79. The summed E-state index contributed by atoms with van der Waals surface area (Å²) in [6, 6.07) is 6.99. The second-order valence-electron chi connectivity index (χ2n) is 6.75. The Morgan fingerprint density at radius 1 is 1.42 bits per heavy atom. The van der Waals surface area contributed by atoms with Gasteiger partial charge in [0.05, 0.1) is 19.4 Å². The third kappa shape index (κ3) is 2.05. The standard InChI is InChI=1S/C17H16N4O5/c1-25-21-12-5-3-2-4-11(12)17(16(21)24)7-10(15(23)19-20-18)9-6-13(22)14(17)26-8-9/h2-5,9-10,14H,6-8H2,1H3/t9-,10+,14-,17+/m1/s1. The Balaban J connectivity index is 1.93. The Bertz CT molecular complexity index is 864. The van der Waals surface area contributed by atoms with Crippen LogP contribution in [0, 0.1) is 11.8 Å². The topological polar surface area (TPSA) is 122 Å². The Morgan fingerprint density at radius 3 is 2.88 bits per heavy atom. The number of azide groups is 1. The van der Waals surface area contributed by atoms with E-state index in [-0.39, 0.29) is 25.2 Å². The first-order valence-electron chi connectivity index (χ1n) is 8.26. The van der Waals surface area contributed by atoms with Crippen LogP contribution in [0.15, 0.2) is 29.4 Å². The number of Topliss-reactive ketones (excluding diaryl/α,β-unsaturated/α-hetero) is 1. The first kappa shape index (κ1) is 16.7. The molecule has 0 N–H and O–H groups in total. The van der Waals surface area contributed by atoms with Gasteiger partial charge in [-0.3, -0.25) is 19.2 Å². The Hall–Kier alpha value is -2.74. The molecule has 4 atom stereocenters. The molecule has 1 spiro atoms. The maximum atomic E-state index is 13.3. The summed E-state index contributed by atoms with van der Waals surface area (Å²) >= 11 is 0.